The smallest absolute Gasteiger partial charge is 0.457 e. The SMILES string of the molecule is CCOC(=O)C(=[N+]=[N-])C(=O)OCc1ccccc1. The van der Waals surface area contributed by atoms with Crippen LogP contribution in [0.3, 0.4) is 0 Å². The van der Waals surface area contributed by atoms with Gasteiger partial charge in [-0.05, 0) is 12.5 Å². The van der Waals surface area contributed by atoms with E-state index in [0.29, 0.717) is 0 Å². The molecule has 18 heavy (non-hydrogen) atoms. The molecule has 0 fully saturated rings. The van der Waals surface area contributed by atoms with Gasteiger partial charge in [-0.15, -0.1) is 0 Å². The van der Waals surface area contributed by atoms with Crippen LogP contribution in [0.5, 0.6) is 0 Å². The van der Waals surface area contributed by atoms with Crippen LogP contribution in [-0.2, 0) is 25.7 Å². The van der Waals surface area contributed by atoms with Gasteiger partial charge < -0.3 is 15.0 Å². The number of hydrogen-bond donors (Lipinski definition) is 0. The van der Waals surface area contributed by atoms with Gasteiger partial charge >= 0.3 is 17.7 Å². The van der Waals surface area contributed by atoms with Gasteiger partial charge in [0, 0.05) is 0 Å². The van der Waals surface area contributed by atoms with Crippen molar-refractivity contribution in [3.05, 3.63) is 41.4 Å². The van der Waals surface area contributed by atoms with Crippen molar-refractivity contribution in [2.75, 3.05) is 6.61 Å². The first kappa shape index (κ1) is 13.6. The maximum absolute atomic E-state index is 11.5. The second-order valence-electron chi connectivity index (χ2n) is 3.23. The first-order valence-electron chi connectivity index (χ1n) is 5.29. The average Bonchev–Trinajstić information content (AvgIpc) is 2.39. The summed E-state index contributed by atoms with van der Waals surface area (Å²) in [5, 5.41) is 0. The van der Waals surface area contributed by atoms with E-state index in [4.69, 9.17) is 10.3 Å². The molecule has 0 heterocycles. The summed E-state index contributed by atoms with van der Waals surface area (Å²) in [5.74, 6) is -2.04. The lowest BCUT2D eigenvalue weighted by molar-refractivity contribution is -0.149. The number of carbonyl (C=O) groups is 2. The Bertz CT molecular complexity index is 478. The van der Waals surface area contributed by atoms with Crippen molar-refractivity contribution >= 4 is 17.7 Å². The largest absolute Gasteiger partial charge is 0.482 e. The third-order valence-electron chi connectivity index (χ3n) is 1.97. The van der Waals surface area contributed by atoms with Crippen LogP contribution in [0.2, 0.25) is 0 Å². The molecular formula is C12H12N2O4. The number of rotatable bonds is 5. The quantitative estimate of drug-likeness (QED) is 0.255. The third kappa shape index (κ3) is 3.84. The first-order valence-corrected chi connectivity index (χ1v) is 5.29. The van der Waals surface area contributed by atoms with Crippen molar-refractivity contribution in [3.63, 3.8) is 0 Å². The van der Waals surface area contributed by atoms with Crippen LogP contribution in [-0.4, -0.2) is 29.0 Å². The highest BCUT2D eigenvalue weighted by Crippen LogP contribution is 2.01. The van der Waals surface area contributed by atoms with E-state index in [2.05, 4.69) is 9.53 Å². The van der Waals surface area contributed by atoms with E-state index < -0.39 is 17.7 Å². The summed E-state index contributed by atoms with van der Waals surface area (Å²) in [6.07, 6.45) is 0. The highest BCUT2D eigenvalue weighted by Gasteiger charge is 2.32. The molecule has 0 amide bonds. The highest BCUT2D eigenvalue weighted by molar-refractivity contribution is 6.60. The maximum Gasteiger partial charge on any atom is 0.482 e. The molecular weight excluding hydrogens is 236 g/mol. The fourth-order valence-corrected chi connectivity index (χ4v) is 1.16. The van der Waals surface area contributed by atoms with Gasteiger partial charge in [0.05, 0.1) is 6.61 Å². The Kier molecular flexibility index (Phi) is 5.28. The average molecular weight is 248 g/mol. The molecule has 0 saturated carbocycles. The second kappa shape index (κ2) is 6.98. The van der Waals surface area contributed by atoms with Crippen LogP contribution in [0, 0.1) is 0 Å². The topological polar surface area (TPSA) is 89.0 Å². The summed E-state index contributed by atoms with van der Waals surface area (Å²) < 4.78 is 9.36. The molecule has 1 rings (SSSR count). The van der Waals surface area contributed by atoms with Gasteiger partial charge in [0.1, 0.15) is 6.61 Å². The Balaban J connectivity index is 2.59. The standard InChI is InChI=1S/C12H12N2O4/c1-2-17-11(15)10(14-13)12(16)18-8-9-6-4-3-5-7-9/h3-7H,2,8H2,1H3. The molecule has 0 unspecified atom stereocenters. The van der Waals surface area contributed by atoms with Crippen molar-refractivity contribution in [1.29, 1.82) is 0 Å². The third-order valence-corrected chi connectivity index (χ3v) is 1.97. The van der Waals surface area contributed by atoms with Gasteiger partial charge in [0.25, 0.3) is 0 Å². The number of nitrogens with zero attached hydrogens (tertiary/aromatic N) is 2. The summed E-state index contributed by atoms with van der Waals surface area (Å²) in [6.45, 7) is 1.63. The summed E-state index contributed by atoms with van der Waals surface area (Å²) in [5.41, 5.74) is 8.56. The Labute approximate surface area is 104 Å². The fourth-order valence-electron chi connectivity index (χ4n) is 1.16. The molecule has 6 nitrogen and oxygen atoms in total. The van der Waals surface area contributed by atoms with Gasteiger partial charge in [-0.25, -0.2) is 9.59 Å². The van der Waals surface area contributed by atoms with E-state index in [0.717, 1.165) is 5.56 Å². The van der Waals surface area contributed by atoms with Gasteiger partial charge in [-0.3, -0.25) is 0 Å². The Morgan fingerprint density at radius 2 is 1.78 bits per heavy atom. The van der Waals surface area contributed by atoms with Crippen LogP contribution in [0.15, 0.2) is 30.3 Å². The lowest BCUT2D eigenvalue weighted by Crippen LogP contribution is -2.29. The van der Waals surface area contributed by atoms with E-state index in [9.17, 15) is 9.59 Å². The van der Waals surface area contributed by atoms with Gasteiger partial charge in [0.15, 0.2) is 0 Å². The van der Waals surface area contributed by atoms with Crippen molar-refractivity contribution in [1.82, 2.24) is 0 Å². The van der Waals surface area contributed by atoms with E-state index in [-0.39, 0.29) is 13.2 Å². The van der Waals surface area contributed by atoms with E-state index in [1.165, 1.54) is 0 Å². The molecule has 0 spiro atoms. The number of esters is 2. The lowest BCUT2D eigenvalue weighted by Gasteiger charge is -2.01. The maximum atomic E-state index is 11.5. The van der Waals surface area contributed by atoms with Crippen LogP contribution in [0.1, 0.15) is 12.5 Å². The van der Waals surface area contributed by atoms with E-state index in [1.807, 2.05) is 6.07 Å². The zero-order valence-electron chi connectivity index (χ0n) is 9.83. The molecule has 0 radical (unpaired) electrons. The van der Waals surface area contributed by atoms with Crippen molar-refractivity contribution in [3.8, 4) is 0 Å². The summed E-state index contributed by atoms with van der Waals surface area (Å²) in [4.78, 5) is 25.2. The van der Waals surface area contributed by atoms with Crippen LogP contribution < -0.4 is 0 Å². The van der Waals surface area contributed by atoms with Crippen LogP contribution >= 0.6 is 0 Å². The van der Waals surface area contributed by atoms with Gasteiger partial charge in [0.2, 0.25) is 0 Å². The van der Waals surface area contributed by atoms with E-state index >= 15 is 0 Å². The van der Waals surface area contributed by atoms with Gasteiger partial charge in [-0.2, -0.15) is 4.79 Å². The van der Waals surface area contributed by atoms with Crippen LogP contribution in [0.25, 0.3) is 5.53 Å². The summed E-state index contributed by atoms with van der Waals surface area (Å²) in [7, 11) is 0. The molecule has 1 aromatic carbocycles. The minimum absolute atomic E-state index is 0.0158. The molecule has 0 aliphatic carbocycles. The number of carbonyl (C=O) groups excluding carboxylic acids is 2. The Morgan fingerprint density at radius 3 is 2.33 bits per heavy atom. The molecule has 0 aromatic heterocycles. The lowest BCUT2D eigenvalue weighted by atomic mass is 10.2. The molecule has 0 aliphatic rings. The molecule has 94 valence electrons. The Morgan fingerprint density at radius 1 is 1.17 bits per heavy atom. The minimum atomic E-state index is -1.03. The molecule has 6 heteroatoms. The molecule has 0 aliphatic heterocycles. The summed E-state index contributed by atoms with van der Waals surface area (Å²) in [6, 6.07) is 8.91. The zero-order valence-corrected chi connectivity index (χ0v) is 9.83. The van der Waals surface area contributed by atoms with Gasteiger partial charge in [-0.1, -0.05) is 30.3 Å². The van der Waals surface area contributed by atoms with E-state index in [1.54, 1.807) is 31.2 Å². The number of hydrogen-bond acceptors (Lipinski definition) is 4. The molecule has 1 aromatic rings. The normalized spacial score (nSPS) is 9.17. The summed E-state index contributed by atoms with van der Waals surface area (Å²) >= 11 is 0. The van der Waals surface area contributed by atoms with Crippen molar-refractivity contribution in [2.45, 2.75) is 13.5 Å². The van der Waals surface area contributed by atoms with Crippen molar-refractivity contribution in [2.24, 2.45) is 0 Å². The number of ether oxygens (including phenoxy) is 2. The molecule has 0 saturated heterocycles. The Hall–Kier alpha value is -2.46. The van der Waals surface area contributed by atoms with Crippen LogP contribution in [0.4, 0.5) is 0 Å². The number of benzene rings is 1. The fraction of sp³-hybridized carbons (Fsp3) is 0.250. The minimum Gasteiger partial charge on any atom is -0.457 e. The molecule has 0 atom stereocenters. The monoisotopic (exact) mass is 248 g/mol. The predicted molar refractivity (Wildman–Crippen MR) is 61.5 cm³/mol. The van der Waals surface area contributed by atoms with Crippen molar-refractivity contribution < 1.29 is 23.9 Å². The molecule has 0 N–H and O–H groups in total. The first-order chi connectivity index (χ1) is 8.69. The highest BCUT2D eigenvalue weighted by atomic mass is 16.6. The second-order valence-corrected chi connectivity index (χ2v) is 3.23. The predicted octanol–water partition coefficient (Wildman–Crippen LogP) is 0.964. The zero-order chi connectivity index (χ0) is 13.4. The molecule has 0 bridgehead atoms.